The van der Waals surface area contributed by atoms with Gasteiger partial charge in [-0.3, -0.25) is 13.7 Å². The summed E-state index contributed by atoms with van der Waals surface area (Å²) in [5, 5.41) is 65.3. The van der Waals surface area contributed by atoms with Gasteiger partial charge in [-0.2, -0.15) is 64.8 Å². The van der Waals surface area contributed by atoms with E-state index in [9.17, 15) is 74.9 Å². The van der Waals surface area contributed by atoms with Crippen molar-refractivity contribution in [3.05, 3.63) is 0 Å². The number of aliphatic hydroxyl groups is 7. The predicted molar refractivity (Wildman–Crippen MR) is 150 cm³/mol. The molecule has 0 amide bonds. The summed E-state index contributed by atoms with van der Waals surface area (Å²) < 4.78 is 201. The molecule has 2 heterocycles. The van der Waals surface area contributed by atoms with Crippen LogP contribution in [0, 0.1) is 0 Å². The van der Waals surface area contributed by atoms with Gasteiger partial charge >= 0.3 is 53.0 Å². The maximum atomic E-state index is 11.0. The molecule has 2 rings (SSSR count). The molecule has 0 spiro atoms. The zero-order valence-electron chi connectivity index (χ0n) is 27.9. The molecule has 0 aliphatic carbocycles. The Kier molecular flexibility index (Phi) is 27.9. The average Bonchev–Trinajstić information content (AvgIpc) is 3.01. The number of methoxy groups -OCH3 is 2. The molecule has 10 atom stereocenters. The second kappa shape index (κ2) is 25.4. The zero-order valence-corrected chi connectivity index (χ0v) is 32.1. The summed E-state index contributed by atoms with van der Waals surface area (Å²) in [7, 11) is -14.9. The van der Waals surface area contributed by atoms with Crippen molar-refractivity contribution < 1.29 is 173 Å². The van der Waals surface area contributed by atoms with Gasteiger partial charge in [-0.15, -0.1) is 0 Å². The first-order chi connectivity index (χ1) is 24.4. The first-order valence-electron chi connectivity index (χ1n) is 13.3. The van der Waals surface area contributed by atoms with Crippen LogP contribution < -0.4 is 0 Å². The molecular weight excluding hydrogens is 920 g/mol. The van der Waals surface area contributed by atoms with Crippen molar-refractivity contribution >= 4 is 36.5 Å². The molecule has 0 aromatic carbocycles. The molecule has 337 valence electrons. The van der Waals surface area contributed by atoms with E-state index in [1.54, 1.807) is 6.92 Å². The molecule has 0 saturated carbocycles. The van der Waals surface area contributed by atoms with Gasteiger partial charge in [0.05, 0.1) is 13.2 Å². The smallest absolute Gasteiger partial charge is 0.435 e. The molecule has 2 saturated heterocycles. The molecule has 0 aromatic rings. The summed E-state index contributed by atoms with van der Waals surface area (Å²) in [6.07, 6.45) is -13.1. The third kappa shape index (κ3) is 22.2. The maximum absolute atomic E-state index is 11.0. The number of ether oxygens (including phenoxy) is 6. The molecule has 1 radical (unpaired) electrons. The van der Waals surface area contributed by atoms with Crippen LogP contribution in [0.25, 0.3) is 0 Å². The summed E-state index contributed by atoms with van der Waals surface area (Å²) in [5.41, 5.74) is -16.6. The molecule has 0 bridgehead atoms. The molecule has 56 heavy (non-hydrogen) atoms. The van der Waals surface area contributed by atoms with Crippen LogP contribution in [0.5, 0.6) is 0 Å². The molecule has 23 nitrogen and oxygen atoms in total. The standard InChI is InChI=1S/C10H18O8.C7H14O6.3CHF3O3S.Sc/c1-3-16-10(14)17-4-5-6(11)7(12)8(13)9(15-2)18-5;1-12-7-6(11)5(10)4(9)3(2-8)13-7;3*2-1(3,4)8(5,6)7;/h5-9,11-13H,3-4H2,1-2H3;3-11H,2H2,1H3;3*(H,5,6,7);/t5-,6-,7+,8-,9-;3-,4-,5+,6-,7-;;;;/m11..../s1. The second-order valence-corrected chi connectivity index (χ2v) is 13.7. The first-order valence-corrected chi connectivity index (χ1v) is 17.7. The number of carbonyl (C=O) groups excluding carboxylic acids is 1. The van der Waals surface area contributed by atoms with Gasteiger partial charge in [0.25, 0.3) is 0 Å². The number of aliphatic hydroxyl groups excluding tert-OH is 7. The van der Waals surface area contributed by atoms with E-state index in [1.165, 1.54) is 14.2 Å². The largest absolute Gasteiger partial charge is 0.522 e. The van der Waals surface area contributed by atoms with Gasteiger partial charge in [-0.05, 0) is 6.92 Å². The fourth-order valence-corrected chi connectivity index (χ4v) is 2.82. The van der Waals surface area contributed by atoms with Crippen LogP contribution >= 0.6 is 0 Å². The van der Waals surface area contributed by atoms with Crippen LogP contribution in [-0.4, -0.2) is 193 Å². The van der Waals surface area contributed by atoms with E-state index in [1.807, 2.05) is 0 Å². The zero-order chi connectivity index (χ0) is 44.7. The van der Waals surface area contributed by atoms with E-state index in [4.69, 9.17) is 63.0 Å². The van der Waals surface area contributed by atoms with Crippen molar-refractivity contribution in [2.24, 2.45) is 0 Å². The Balaban J connectivity index is -0.000000316. The van der Waals surface area contributed by atoms with Crippen LogP contribution in [0.3, 0.4) is 0 Å². The molecule has 2 fully saturated rings. The summed E-state index contributed by atoms with van der Waals surface area (Å²) in [6.45, 7) is 1.03. The minimum Gasteiger partial charge on any atom is -0.435 e. The molecule has 2 aliphatic heterocycles. The Labute approximate surface area is 327 Å². The Hall–Kier alpha value is -1.20. The second-order valence-electron chi connectivity index (χ2n) is 9.44. The van der Waals surface area contributed by atoms with Gasteiger partial charge in [0.15, 0.2) is 12.6 Å². The van der Waals surface area contributed by atoms with Crippen molar-refractivity contribution in [1.29, 1.82) is 0 Å². The van der Waals surface area contributed by atoms with Crippen LogP contribution in [0.4, 0.5) is 44.3 Å². The van der Waals surface area contributed by atoms with Gasteiger partial charge in [0, 0.05) is 40.1 Å². The summed E-state index contributed by atoms with van der Waals surface area (Å²) in [5.74, 6) is 0. The fraction of sp³-hybridized carbons (Fsp3) is 0.950. The van der Waals surface area contributed by atoms with Crippen LogP contribution in [-0.2, 0) is 84.6 Å². The van der Waals surface area contributed by atoms with Crippen molar-refractivity contribution in [2.75, 3.05) is 34.0 Å². The van der Waals surface area contributed by atoms with Crippen LogP contribution in [0.15, 0.2) is 0 Å². The Bertz CT molecular complexity index is 1330. The van der Waals surface area contributed by atoms with Crippen molar-refractivity contribution in [1.82, 2.24) is 0 Å². The number of hydrogen-bond donors (Lipinski definition) is 10. The van der Waals surface area contributed by atoms with E-state index < -0.39 is 121 Å². The van der Waals surface area contributed by atoms with E-state index in [2.05, 4.69) is 9.47 Å². The Morgan fingerprint density at radius 3 is 1.07 bits per heavy atom. The van der Waals surface area contributed by atoms with Gasteiger partial charge < -0.3 is 64.2 Å². The molecule has 0 aromatic heterocycles. The third-order valence-corrected chi connectivity index (χ3v) is 7.24. The fourth-order valence-electron chi connectivity index (χ4n) is 2.82. The maximum Gasteiger partial charge on any atom is 0.522 e. The van der Waals surface area contributed by atoms with Crippen molar-refractivity contribution in [3.8, 4) is 0 Å². The monoisotopic (exact) mass is 955 g/mol. The van der Waals surface area contributed by atoms with E-state index in [0.29, 0.717) is 0 Å². The predicted octanol–water partition coefficient (Wildman–Crippen LogP) is -2.77. The number of carbonyl (C=O) groups is 1. The number of hydrogen-bond acceptors (Lipinski definition) is 20. The molecule has 36 heteroatoms. The van der Waals surface area contributed by atoms with Gasteiger partial charge in [0.2, 0.25) is 0 Å². The van der Waals surface area contributed by atoms with E-state index >= 15 is 0 Å². The number of halogens is 9. The normalized spacial score (nSPS) is 28.4. The minimum atomic E-state index is -5.84. The molecule has 0 unspecified atom stereocenters. The third-order valence-electron chi connectivity index (χ3n) is 5.49. The first kappa shape index (κ1) is 61.5. The molecule has 2 aliphatic rings. The van der Waals surface area contributed by atoms with Crippen LogP contribution in [0.1, 0.15) is 6.92 Å². The number of rotatable bonds is 6. The minimum absolute atomic E-state index is 0. The molecular formula is C20H35F9O23S3Sc. The summed E-state index contributed by atoms with van der Waals surface area (Å²) in [4.78, 5) is 11.0. The molecule has 10 N–H and O–H groups in total. The summed E-state index contributed by atoms with van der Waals surface area (Å²) >= 11 is 0. The Morgan fingerprint density at radius 2 is 0.839 bits per heavy atom. The van der Waals surface area contributed by atoms with E-state index in [-0.39, 0.29) is 39.1 Å². The van der Waals surface area contributed by atoms with Gasteiger partial charge in [-0.25, -0.2) is 4.79 Å². The van der Waals surface area contributed by atoms with E-state index in [0.717, 1.165) is 0 Å². The SMILES string of the molecule is CCOC(=O)OC[C@H]1O[C@@H](OC)[C@H](O)[C@@H](O)[C@@H]1O.CO[C@@H]1O[C@H](CO)[C@@H](O)[C@H](O)[C@H]1O.O=S(=O)(O)C(F)(F)F.O=S(=O)(O)C(F)(F)F.O=S(=O)(O)C(F)(F)F.[Sc]. The van der Waals surface area contributed by atoms with Crippen molar-refractivity contribution in [2.45, 2.75) is 84.9 Å². The topological polar surface area (TPSA) is 377 Å². The number of alkyl halides is 9. The Morgan fingerprint density at radius 1 is 0.571 bits per heavy atom. The average molecular weight is 956 g/mol. The van der Waals surface area contributed by atoms with Gasteiger partial charge in [-0.1, -0.05) is 0 Å². The van der Waals surface area contributed by atoms with Gasteiger partial charge in [0.1, 0.15) is 55.4 Å². The summed E-state index contributed by atoms with van der Waals surface area (Å²) in [6, 6.07) is 0. The van der Waals surface area contributed by atoms with Crippen LogP contribution in [0.2, 0.25) is 0 Å². The quantitative estimate of drug-likeness (QED) is 0.0557. The van der Waals surface area contributed by atoms with Crippen molar-refractivity contribution in [3.63, 3.8) is 0 Å².